The van der Waals surface area contributed by atoms with Crippen LogP contribution in [0.1, 0.15) is 17.3 Å². The smallest absolute Gasteiger partial charge is 0.137 e. The Labute approximate surface area is 82.1 Å². The molecule has 1 aromatic carbocycles. The fraction of sp³-hybridized carbons (Fsp3) is 0.250. The second-order valence-corrected chi connectivity index (χ2v) is 4.52. The molecule has 0 saturated heterocycles. The Morgan fingerprint density at radius 2 is 2.09 bits per heavy atom. The van der Waals surface area contributed by atoms with Crippen molar-refractivity contribution in [3.63, 3.8) is 0 Å². The van der Waals surface area contributed by atoms with Gasteiger partial charge in [0.2, 0.25) is 0 Å². The van der Waals surface area contributed by atoms with Crippen molar-refractivity contribution in [3.05, 3.63) is 34.1 Å². The van der Waals surface area contributed by atoms with Crippen LogP contribution in [0, 0.1) is 5.82 Å². The standard InChI is InChI=1S/C8H7Br2F/c1-5(9)6-2-3-8(11)7(10)4-6/h2-5H,1H3. The maximum absolute atomic E-state index is 12.7. The molecule has 1 aromatic rings. The molecule has 0 spiro atoms. The summed E-state index contributed by atoms with van der Waals surface area (Å²) >= 11 is 6.52. The predicted molar refractivity (Wildman–Crippen MR) is 51.4 cm³/mol. The minimum Gasteiger partial charge on any atom is -0.206 e. The van der Waals surface area contributed by atoms with E-state index < -0.39 is 0 Å². The van der Waals surface area contributed by atoms with Gasteiger partial charge < -0.3 is 0 Å². The zero-order chi connectivity index (χ0) is 8.43. The van der Waals surface area contributed by atoms with Crippen molar-refractivity contribution >= 4 is 31.9 Å². The van der Waals surface area contributed by atoms with Crippen molar-refractivity contribution in [3.8, 4) is 0 Å². The van der Waals surface area contributed by atoms with Crippen LogP contribution in [0.15, 0.2) is 22.7 Å². The van der Waals surface area contributed by atoms with E-state index >= 15 is 0 Å². The van der Waals surface area contributed by atoms with Gasteiger partial charge >= 0.3 is 0 Å². The topological polar surface area (TPSA) is 0 Å². The second-order valence-electron chi connectivity index (χ2n) is 2.29. The van der Waals surface area contributed by atoms with Gasteiger partial charge in [0, 0.05) is 4.83 Å². The van der Waals surface area contributed by atoms with Crippen LogP contribution in [0.25, 0.3) is 0 Å². The highest BCUT2D eigenvalue weighted by Gasteiger charge is 2.03. The van der Waals surface area contributed by atoms with Gasteiger partial charge in [0.05, 0.1) is 4.47 Å². The average Bonchev–Trinajstić information content (AvgIpc) is 1.94. The molecule has 60 valence electrons. The molecule has 0 fully saturated rings. The molecular formula is C8H7Br2F. The van der Waals surface area contributed by atoms with Gasteiger partial charge in [-0.15, -0.1) is 0 Å². The number of alkyl halides is 1. The maximum atomic E-state index is 12.7. The Bertz CT molecular complexity index is 258. The summed E-state index contributed by atoms with van der Waals surface area (Å²) < 4.78 is 13.2. The predicted octanol–water partition coefficient (Wildman–Crippen LogP) is 4.04. The van der Waals surface area contributed by atoms with Crippen molar-refractivity contribution in [2.24, 2.45) is 0 Å². The lowest BCUT2D eigenvalue weighted by Crippen LogP contribution is -1.85. The van der Waals surface area contributed by atoms with Crippen LogP contribution in [-0.2, 0) is 0 Å². The van der Waals surface area contributed by atoms with E-state index in [1.54, 1.807) is 12.1 Å². The molecule has 1 unspecified atom stereocenters. The van der Waals surface area contributed by atoms with Crippen LogP contribution < -0.4 is 0 Å². The van der Waals surface area contributed by atoms with Gasteiger partial charge in [0.25, 0.3) is 0 Å². The van der Waals surface area contributed by atoms with E-state index in [2.05, 4.69) is 31.9 Å². The summed E-state index contributed by atoms with van der Waals surface area (Å²) in [5.41, 5.74) is 1.07. The van der Waals surface area contributed by atoms with Crippen LogP contribution in [0.5, 0.6) is 0 Å². The highest BCUT2D eigenvalue weighted by Crippen LogP contribution is 2.25. The molecule has 0 amide bonds. The SMILES string of the molecule is CC(Br)c1ccc(F)c(Br)c1. The number of hydrogen-bond donors (Lipinski definition) is 0. The van der Waals surface area contributed by atoms with Gasteiger partial charge in [-0.3, -0.25) is 0 Å². The minimum atomic E-state index is -0.220. The quantitative estimate of drug-likeness (QED) is 0.682. The Hall–Kier alpha value is 0.110. The molecule has 0 heterocycles. The van der Waals surface area contributed by atoms with E-state index in [1.807, 2.05) is 6.92 Å². The van der Waals surface area contributed by atoms with E-state index in [-0.39, 0.29) is 10.6 Å². The second kappa shape index (κ2) is 3.68. The van der Waals surface area contributed by atoms with E-state index in [9.17, 15) is 4.39 Å². The summed E-state index contributed by atoms with van der Waals surface area (Å²) in [7, 11) is 0. The summed E-state index contributed by atoms with van der Waals surface area (Å²) in [5.74, 6) is -0.220. The Morgan fingerprint density at radius 3 is 2.55 bits per heavy atom. The van der Waals surface area contributed by atoms with Crippen molar-refractivity contribution in [2.75, 3.05) is 0 Å². The van der Waals surface area contributed by atoms with Crippen molar-refractivity contribution in [1.29, 1.82) is 0 Å². The summed E-state index contributed by atoms with van der Waals surface area (Å²) in [4.78, 5) is 0.263. The van der Waals surface area contributed by atoms with E-state index in [0.29, 0.717) is 4.47 Å². The van der Waals surface area contributed by atoms with E-state index in [4.69, 9.17) is 0 Å². The first-order valence-electron chi connectivity index (χ1n) is 3.20. The average molecular weight is 282 g/mol. The van der Waals surface area contributed by atoms with Gasteiger partial charge in [0.15, 0.2) is 0 Å². The van der Waals surface area contributed by atoms with Crippen LogP contribution in [0.4, 0.5) is 4.39 Å². The number of halogens is 3. The molecule has 1 atom stereocenters. The van der Waals surface area contributed by atoms with Crippen LogP contribution >= 0.6 is 31.9 Å². The molecule has 0 nitrogen and oxygen atoms in total. The molecule has 0 aliphatic heterocycles. The molecule has 11 heavy (non-hydrogen) atoms. The number of hydrogen-bond acceptors (Lipinski definition) is 0. The van der Waals surface area contributed by atoms with Gasteiger partial charge in [-0.1, -0.05) is 22.0 Å². The van der Waals surface area contributed by atoms with Crippen LogP contribution in [0.2, 0.25) is 0 Å². The Kier molecular flexibility index (Phi) is 3.07. The van der Waals surface area contributed by atoms with E-state index in [0.717, 1.165) is 5.56 Å². The first-order chi connectivity index (χ1) is 5.11. The molecule has 0 radical (unpaired) electrons. The third-order valence-corrected chi connectivity index (χ3v) is 2.54. The van der Waals surface area contributed by atoms with E-state index in [1.165, 1.54) is 6.07 Å². The summed E-state index contributed by atoms with van der Waals surface area (Å²) in [6.07, 6.45) is 0. The lowest BCUT2D eigenvalue weighted by Gasteiger charge is -2.03. The maximum Gasteiger partial charge on any atom is 0.137 e. The number of benzene rings is 1. The first-order valence-corrected chi connectivity index (χ1v) is 4.91. The zero-order valence-electron chi connectivity index (χ0n) is 5.94. The monoisotopic (exact) mass is 280 g/mol. The summed E-state index contributed by atoms with van der Waals surface area (Å²) in [5, 5.41) is 0. The van der Waals surface area contributed by atoms with Gasteiger partial charge in [-0.05, 0) is 40.5 Å². The normalized spacial score (nSPS) is 13.1. The fourth-order valence-corrected chi connectivity index (χ4v) is 1.44. The third-order valence-electron chi connectivity index (χ3n) is 1.40. The first kappa shape index (κ1) is 9.20. The molecule has 3 heteroatoms. The van der Waals surface area contributed by atoms with Crippen molar-refractivity contribution in [1.82, 2.24) is 0 Å². The van der Waals surface area contributed by atoms with Crippen molar-refractivity contribution < 1.29 is 4.39 Å². The van der Waals surface area contributed by atoms with Gasteiger partial charge in [-0.25, -0.2) is 4.39 Å². The van der Waals surface area contributed by atoms with Gasteiger partial charge in [0.1, 0.15) is 5.82 Å². The Morgan fingerprint density at radius 1 is 1.45 bits per heavy atom. The largest absolute Gasteiger partial charge is 0.206 e. The van der Waals surface area contributed by atoms with Gasteiger partial charge in [-0.2, -0.15) is 0 Å². The van der Waals surface area contributed by atoms with Crippen LogP contribution in [0.3, 0.4) is 0 Å². The molecule has 0 bridgehead atoms. The minimum absolute atomic E-state index is 0.220. The fourth-order valence-electron chi connectivity index (χ4n) is 0.760. The van der Waals surface area contributed by atoms with Crippen molar-refractivity contribution in [2.45, 2.75) is 11.8 Å². The highest BCUT2D eigenvalue weighted by atomic mass is 79.9. The lowest BCUT2D eigenvalue weighted by atomic mass is 10.2. The molecule has 0 N–H and O–H groups in total. The molecule has 1 rings (SSSR count). The summed E-state index contributed by atoms with van der Waals surface area (Å²) in [6, 6.07) is 4.99. The molecule has 0 aliphatic carbocycles. The third kappa shape index (κ3) is 2.27. The zero-order valence-corrected chi connectivity index (χ0v) is 9.12. The highest BCUT2D eigenvalue weighted by molar-refractivity contribution is 9.10. The molecule has 0 aliphatic rings. The molecule has 0 aromatic heterocycles. The molecule has 0 saturated carbocycles. The molecular weight excluding hydrogens is 275 g/mol. The summed E-state index contributed by atoms with van der Waals surface area (Å²) in [6.45, 7) is 2.00. The Balaban J connectivity index is 3.05. The lowest BCUT2D eigenvalue weighted by molar-refractivity contribution is 0.620. The number of rotatable bonds is 1. The van der Waals surface area contributed by atoms with Crippen LogP contribution in [-0.4, -0.2) is 0 Å².